The van der Waals surface area contributed by atoms with E-state index in [1.165, 1.54) is 12.1 Å². The number of pyridine rings is 1. The molecule has 0 saturated carbocycles. The van der Waals surface area contributed by atoms with E-state index in [4.69, 9.17) is 10.00 Å². The molecule has 4 nitrogen and oxygen atoms in total. The second kappa shape index (κ2) is 12.0. The molecule has 5 heteroatoms. The van der Waals surface area contributed by atoms with Gasteiger partial charge in [-0.2, -0.15) is 9.83 Å². The standard InChI is InChI=1S/C32H31FN3O/c1-35(21-5-4-20-34)29-15-6-24(7-16-29)8-17-30-22-27(25-11-18-31(37-3)19-12-25)23-32(36(30)2)26-9-13-28(33)14-10-26/h6-19,22-23H,4-5,21H2,1-3H3/q+1. The van der Waals surface area contributed by atoms with E-state index in [-0.39, 0.29) is 5.82 Å². The molecule has 37 heavy (non-hydrogen) atoms. The fourth-order valence-electron chi connectivity index (χ4n) is 4.23. The molecule has 186 valence electrons. The highest BCUT2D eigenvalue weighted by molar-refractivity contribution is 5.74. The average Bonchev–Trinajstić information content (AvgIpc) is 2.93. The van der Waals surface area contributed by atoms with Crippen LogP contribution in [0.15, 0.2) is 84.9 Å². The van der Waals surface area contributed by atoms with Crippen molar-refractivity contribution in [3.8, 4) is 34.2 Å². The summed E-state index contributed by atoms with van der Waals surface area (Å²) in [5.74, 6) is 0.556. The number of unbranched alkanes of at least 4 members (excludes halogenated alkanes) is 1. The number of hydrogen-bond acceptors (Lipinski definition) is 3. The molecular weight excluding hydrogens is 461 g/mol. The van der Waals surface area contributed by atoms with E-state index in [9.17, 15) is 4.39 Å². The first kappa shape index (κ1) is 25.7. The molecule has 4 aromatic rings. The molecule has 4 rings (SSSR count). The molecule has 0 aliphatic heterocycles. The number of benzene rings is 3. The molecule has 0 aliphatic carbocycles. The first-order valence-electron chi connectivity index (χ1n) is 12.3. The molecule has 0 radical (unpaired) electrons. The molecule has 1 aromatic heterocycles. The lowest BCUT2D eigenvalue weighted by Crippen LogP contribution is -2.34. The van der Waals surface area contributed by atoms with Crippen molar-refractivity contribution in [1.82, 2.24) is 0 Å². The van der Waals surface area contributed by atoms with Gasteiger partial charge in [0.25, 0.3) is 0 Å². The Morgan fingerprint density at radius 3 is 2.22 bits per heavy atom. The number of anilines is 1. The van der Waals surface area contributed by atoms with E-state index in [1.54, 1.807) is 7.11 Å². The average molecular weight is 493 g/mol. The van der Waals surface area contributed by atoms with Crippen LogP contribution >= 0.6 is 0 Å². The Hall–Kier alpha value is -4.43. The van der Waals surface area contributed by atoms with Crippen molar-refractivity contribution in [2.45, 2.75) is 12.8 Å². The Morgan fingerprint density at radius 2 is 1.57 bits per heavy atom. The smallest absolute Gasteiger partial charge is 0.213 e. The highest BCUT2D eigenvalue weighted by Crippen LogP contribution is 2.27. The van der Waals surface area contributed by atoms with Gasteiger partial charge in [0.15, 0.2) is 0 Å². The predicted octanol–water partition coefficient (Wildman–Crippen LogP) is 6.90. The van der Waals surface area contributed by atoms with Gasteiger partial charge in [-0.1, -0.05) is 24.3 Å². The van der Waals surface area contributed by atoms with Crippen LogP contribution in [0.25, 0.3) is 34.5 Å². The number of ether oxygens (including phenoxy) is 1. The summed E-state index contributed by atoms with van der Waals surface area (Å²) in [6.45, 7) is 0.850. The van der Waals surface area contributed by atoms with Crippen LogP contribution in [0.1, 0.15) is 24.1 Å². The van der Waals surface area contributed by atoms with Crippen molar-refractivity contribution >= 4 is 17.8 Å². The Bertz CT molecular complexity index is 1400. The monoisotopic (exact) mass is 492 g/mol. The second-order valence-electron chi connectivity index (χ2n) is 8.96. The number of nitriles is 1. The lowest BCUT2D eigenvalue weighted by Gasteiger charge is -2.18. The van der Waals surface area contributed by atoms with Gasteiger partial charge in [-0.05, 0) is 77.7 Å². The number of halogens is 1. The van der Waals surface area contributed by atoms with Gasteiger partial charge >= 0.3 is 0 Å². The minimum absolute atomic E-state index is 0.253. The van der Waals surface area contributed by atoms with Crippen molar-refractivity contribution in [2.75, 3.05) is 25.6 Å². The van der Waals surface area contributed by atoms with Gasteiger partial charge in [-0.15, -0.1) is 0 Å². The summed E-state index contributed by atoms with van der Waals surface area (Å²) in [5.41, 5.74) is 7.30. The number of rotatable bonds is 9. The second-order valence-corrected chi connectivity index (χ2v) is 8.96. The molecule has 0 saturated heterocycles. The van der Waals surface area contributed by atoms with E-state index >= 15 is 0 Å². The highest BCUT2D eigenvalue weighted by Gasteiger charge is 2.17. The zero-order valence-corrected chi connectivity index (χ0v) is 21.5. The number of methoxy groups -OCH3 is 1. The van der Waals surface area contributed by atoms with Crippen molar-refractivity contribution in [3.05, 3.63) is 102 Å². The SMILES string of the molecule is COc1ccc(-c2cc(/C=C/c3ccc(N(C)CCCC#N)cc3)[n+](C)c(-c3ccc(F)cc3)c2)cc1. The third kappa shape index (κ3) is 6.42. The summed E-state index contributed by atoms with van der Waals surface area (Å²) >= 11 is 0. The van der Waals surface area contributed by atoms with Gasteiger partial charge in [0.1, 0.15) is 18.6 Å². The molecule has 0 N–H and O–H groups in total. The molecule has 0 atom stereocenters. The van der Waals surface area contributed by atoms with Crippen LogP contribution in [-0.4, -0.2) is 20.7 Å². The molecule has 0 fully saturated rings. The minimum Gasteiger partial charge on any atom is -0.497 e. The van der Waals surface area contributed by atoms with Crippen molar-refractivity contribution in [2.24, 2.45) is 7.05 Å². The Morgan fingerprint density at radius 1 is 0.892 bits per heavy atom. The minimum atomic E-state index is -0.253. The maximum atomic E-state index is 13.6. The molecular formula is C32H31FN3O+. The van der Waals surface area contributed by atoms with Crippen LogP contribution in [0.2, 0.25) is 0 Å². The Balaban J connectivity index is 1.67. The van der Waals surface area contributed by atoms with E-state index in [1.807, 2.05) is 50.5 Å². The third-order valence-electron chi connectivity index (χ3n) is 6.47. The van der Waals surface area contributed by atoms with Crippen molar-refractivity contribution in [3.63, 3.8) is 0 Å². The highest BCUT2D eigenvalue weighted by atomic mass is 19.1. The van der Waals surface area contributed by atoms with Crippen LogP contribution in [0.4, 0.5) is 10.1 Å². The first-order valence-corrected chi connectivity index (χ1v) is 12.3. The third-order valence-corrected chi connectivity index (χ3v) is 6.47. The van der Waals surface area contributed by atoms with Crippen LogP contribution in [-0.2, 0) is 7.05 Å². The molecule has 0 bridgehead atoms. The maximum absolute atomic E-state index is 13.6. The fourth-order valence-corrected chi connectivity index (χ4v) is 4.23. The van der Waals surface area contributed by atoms with Gasteiger partial charge < -0.3 is 9.64 Å². The van der Waals surface area contributed by atoms with Gasteiger partial charge in [0.05, 0.1) is 13.2 Å². The van der Waals surface area contributed by atoms with Crippen LogP contribution in [0, 0.1) is 17.1 Å². The van der Waals surface area contributed by atoms with E-state index in [0.29, 0.717) is 6.42 Å². The fraction of sp³-hybridized carbons (Fsp3) is 0.188. The summed E-state index contributed by atoms with van der Waals surface area (Å²) in [5, 5.41) is 8.76. The van der Waals surface area contributed by atoms with E-state index in [0.717, 1.165) is 58.0 Å². The lowest BCUT2D eigenvalue weighted by molar-refractivity contribution is -0.662. The van der Waals surface area contributed by atoms with Crippen LogP contribution < -0.4 is 14.2 Å². The normalized spacial score (nSPS) is 10.9. The largest absolute Gasteiger partial charge is 0.497 e. The quantitative estimate of drug-likeness (QED) is 0.188. The summed E-state index contributed by atoms with van der Waals surface area (Å²) in [6.07, 6.45) is 5.62. The number of aromatic nitrogens is 1. The Labute approximate surface area is 218 Å². The molecule has 3 aromatic carbocycles. The van der Waals surface area contributed by atoms with E-state index in [2.05, 4.69) is 64.1 Å². The van der Waals surface area contributed by atoms with Crippen molar-refractivity contribution < 1.29 is 13.7 Å². The summed E-state index contributed by atoms with van der Waals surface area (Å²) in [6, 6.07) is 29.5. The van der Waals surface area contributed by atoms with Crippen molar-refractivity contribution in [1.29, 1.82) is 5.26 Å². The Kier molecular flexibility index (Phi) is 8.33. The zero-order chi connectivity index (χ0) is 26.2. The summed E-state index contributed by atoms with van der Waals surface area (Å²) in [7, 11) is 5.73. The first-order chi connectivity index (χ1) is 18.0. The maximum Gasteiger partial charge on any atom is 0.213 e. The molecule has 0 aliphatic rings. The van der Waals surface area contributed by atoms with Crippen LogP contribution in [0.5, 0.6) is 5.75 Å². The van der Waals surface area contributed by atoms with E-state index < -0.39 is 0 Å². The van der Waals surface area contributed by atoms with Gasteiger partial charge in [-0.25, -0.2) is 4.39 Å². The molecule has 0 amide bonds. The zero-order valence-electron chi connectivity index (χ0n) is 21.5. The number of hydrogen-bond donors (Lipinski definition) is 0. The van der Waals surface area contributed by atoms with Gasteiger partial charge in [0.2, 0.25) is 11.4 Å². The molecule has 0 unspecified atom stereocenters. The van der Waals surface area contributed by atoms with Gasteiger partial charge in [-0.3, -0.25) is 0 Å². The summed E-state index contributed by atoms with van der Waals surface area (Å²) < 4.78 is 21.1. The van der Waals surface area contributed by atoms with Crippen LogP contribution in [0.3, 0.4) is 0 Å². The van der Waals surface area contributed by atoms with Gasteiger partial charge in [0, 0.05) is 49.5 Å². The summed E-state index contributed by atoms with van der Waals surface area (Å²) in [4.78, 5) is 2.16. The predicted molar refractivity (Wildman–Crippen MR) is 148 cm³/mol. The lowest BCUT2D eigenvalue weighted by atomic mass is 10.0. The number of nitrogens with zero attached hydrogens (tertiary/aromatic N) is 3. The molecule has 1 heterocycles. The topological polar surface area (TPSA) is 40.1 Å². The molecule has 0 spiro atoms.